The zero-order valence-corrected chi connectivity index (χ0v) is 20.2. The summed E-state index contributed by atoms with van der Waals surface area (Å²) in [5, 5.41) is 2.86. The molecular weight excluding hydrogens is 550 g/mol. The first kappa shape index (κ1) is 23.9. The van der Waals surface area contributed by atoms with Crippen LogP contribution in [0.5, 0.6) is 5.75 Å². The predicted octanol–water partition coefficient (Wildman–Crippen LogP) is 6.14. The molecule has 1 heterocycles. The molecule has 1 fully saturated rings. The largest absolute Gasteiger partial charge is 0.488 e. The minimum absolute atomic E-state index is 0.134. The van der Waals surface area contributed by atoms with Gasteiger partial charge in [-0.25, -0.2) is 14.1 Å². The van der Waals surface area contributed by atoms with Crippen LogP contribution in [0.25, 0.3) is 6.08 Å². The maximum atomic E-state index is 14.3. The molecular formula is C24H14BrCl2FN2O4. The normalized spacial score (nSPS) is 15.0. The number of hydrogen-bond donors (Lipinski definition) is 1. The molecule has 0 atom stereocenters. The van der Waals surface area contributed by atoms with Crippen LogP contribution in [0, 0.1) is 5.82 Å². The number of nitrogens with one attached hydrogen (secondary N) is 1. The van der Waals surface area contributed by atoms with E-state index in [4.69, 9.17) is 27.9 Å². The molecule has 3 aromatic rings. The number of urea groups is 1. The summed E-state index contributed by atoms with van der Waals surface area (Å²) >= 11 is 15.4. The van der Waals surface area contributed by atoms with Gasteiger partial charge >= 0.3 is 6.03 Å². The Bertz CT molecular complexity index is 1360. The Morgan fingerprint density at radius 1 is 1.00 bits per heavy atom. The van der Waals surface area contributed by atoms with Crippen molar-refractivity contribution in [3.8, 4) is 5.75 Å². The fourth-order valence-electron chi connectivity index (χ4n) is 3.22. The number of benzene rings is 3. The third-order valence-corrected chi connectivity index (χ3v) is 6.08. The molecule has 34 heavy (non-hydrogen) atoms. The minimum Gasteiger partial charge on any atom is -0.488 e. The topological polar surface area (TPSA) is 75.7 Å². The van der Waals surface area contributed by atoms with Gasteiger partial charge in [0.15, 0.2) is 0 Å². The summed E-state index contributed by atoms with van der Waals surface area (Å²) in [6, 6.07) is 14.3. The van der Waals surface area contributed by atoms with Crippen molar-refractivity contribution in [1.29, 1.82) is 0 Å². The molecule has 0 unspecified atom stereocenters. The molecule has 1 aliphatic rings. The van der Waals surface area contributed by atoms with Crippen LogP contribution < -0.4 is 15.0 Å². The van der Waals surface area contributed by atoms with Gasteiger partial charge < -0.3 is 4.74 Å². The smallest absolute Gasteiger partial charge is 0.336 e. The summed E-state index contributed by atoms with van der Waals surface area (Å²) in [6.07, 6.45) is 1.28. The van der Waals surface area contributed by atoms with Gasteiger partial charge in [-0.3, -0.25) is 14.9 Å². The second-order valence-corrected chi connectivity index (χ2v) is 8.86. The lowest BCUT2D eigenvalue weighted by molar-refractivity contribution is -0.122. The highest BCUT2D eigenvalue weighted by atomic mass is 79.9. The number of anilines is 1. The minimum atomic E-state index is -1.04. The number of carbonyl (C=O) groups is 3. The summed E-state index contributed by atoms with van der Waals surface area (Å²) in [5.74, 6) is -2.29. The summed E-state index contributed by atoms with van der Waals surface area (Å²) in [4.78, 5) is 38.5. The summed E-state index contributed by atoms with van der Waals surface area (Å²) in [6.45, 7) is 0.134. The Morgan fingerprint density at radius 3 is 2.50 bits per heavy atom. The summed E-state index contributed by atoms with van der Waals surface area (Å²) in [5.41, 5.74) is 0.503. The molecule has 0 bridgehead atoms. The SMILES string of the molecule is O=C1NC(=O)N(c2ccccc2F)C(=O)/C1=C\c1cc(Br)ccc1OCc1ccc(Cl)c(Cl)c1. The fraction of sp³-hybridized carbons (Fsp3) is 0.0417. The molecule has 0 saturated carbocycles. The van der Waals surface area contributed by atoms with E-state index in [9.17, 15) is 18.8 Å². The van der Waals surface area contributed by atoms with E-state index in [1.54, 1.807) is 36.4 Å². The molecule has 4 amide bonds. The highest BCUT2D eigenvalue weighted by Gasteiger charge is 2.38. The number of para-hydroxylation sites is 1. The van der Waals surface area contributed by atoms with Crippen LogP contribution in [0.15, 0.2) is 70.7 Å². The maximum absolute atomic E-state index is 14.3. The first-order valence-electron chi connectivity index (χ1n) is 9.77. The van der Waals surface area contributed by atoms with Gasteiger partial charge in [-0.15, -0.1) is 0 Å². The van der Waals surface area contributed by atoms with Crippen LogP contribution in [0.3, 0.4) is 0 Å². The highest BCUT2D eigenvalue weighted by molar-refractivity contribution is 9.10. The first-order valence-corrected chi connectivity index (χ1v) is 11.3. The third-order valence-electron chi connectivity index (χ3n) is 4.85. The lowest BCUT2D eigenvalue weighted by atomic mass is 10.1. The van der Waals surface area contributed by atoms with Crippen LogP contribution in [0.2, 0.25) is 10.0 Å². The summed E-state index contributed by atoms with van der Waals surface area (Å²) < 4.78 is 20.8. The standard InChI is InChI=1S/C24H14BrCl2FN2O4/c25-15-6-8-21(34-12-13-5-7-17(26)18(27)9-13)14(10-15)11-16-22(31)29-24(33)30(23(16)32)20-4-2-1-3-19(20)28/h1-11H,12H2,(H,29,31,33)/b16-11-. The number of nitrogens with zero attached hydrogens (tertiary/aromatic N) is 1. The molecule has 6 nitrogen and oxygen atoms in total. The molecule has 1 aliphatic heterocycles. The lowest BCUT2D eigenvalue weighted by Crippen LogP contribution is -2.54. The van der Waals surface area contributed by atoms with Crippen molar-refractivity contribution in [1.82, 2.24) is 5.32 Å². The second kappa shape index (κ2) is 9.97. The number of rotatable bonds is 5. The van der Waals surface area contributed by atoms with E-state index in [1.807, 2.05) is 0 Å². The highest BCUT2D eigenvalue weighted by Crippen LogP contribution is 2.30. The lowest BCUT2D eigenvalue weighted by Gasteiger charge is -2.26. The van der Waals surface area contributed by atoms with E-state index in [-0.39, 0.29) is 17.9 Å². The van der Waals surface area contributed by atoms with Crippen LogP contribution in [-0.2, 0) is 16.2 Å². The molecule has 4 rings (SSSR count). The average Bonchev–Trinajstić information content (AvgIpc) is 2.79. The molecule has 172 valence electrons. The van der Waals surface area contributed by atoms with Gasteiger partial charge in [0.2, 0.25) is 0 Å². The van der Waals surface area contributed by atoms with Crippen molar-refractivity contribution in [2.45, 2.75) is 6.61 Å². The number of hydrogen-bond acceptors (Lipinski definition) is 4. The Balaban J connectivity index is 1.68. The van der Waals surface area contributed by atoms with Crippen molar-refractivity contribution in [3.63, 3.8) is 0 Å². The van der Waals surface area contributed by atoms with E-state index in [1.165, 1.54) is 24.3 Å². The number of amides is 4. The molecule has 0 radical (unpaired) electrons. The van der Waals surface area contributed by atoms with Gasteiger partial charge in [0.1, 0.15) is 23.7 Å². The molecule has 1 saturated heterocycles. The van der Waals surface area contributed by atoms with E-state index in [0.29, 0.717) is 30.7 Å². The predicted molar refractivity (Wildman–Crippen MR) is 130 cm³/mol. The van der Waals surface area contributed by atoms with Crippen LogP contribution >= 0.6 is 39.1 Å². The third kappa shape index (κ3) is 4.99. The van der Waals surface area contributed by atoms with Gasteiger partial charge in [-0.05, 0) is 54.1 Å². The molecule has 10 heteroatoms. The molecule has 1 N–H and O–H groups in total. The monoisotopic (exact) mass is 562 g/mol. The van der Waals surface area contributed by atoms with Gasteiger partial charge in [0, 0.05) is 10.0 Å². The van der Waals surface area contributed by atoms with E-state index in [0.717, 1.165) is 11.6 Å². The zero-order chi connectivity index (χ0) is 24.4. The van der Waals surface area contributed by atoms with Crippen molar-refractivity contribution in [3.05, 3.63) is 97.7 Å². The number of imide groups is 2. The van der Waals surface area contributed by atoms with Gasteiger partial charge in [-0.2, -0.15) is 0 Å². The quantitative estimate of drug-likeness (QED) is 0.299. The number of halogens is 4. The van der Waals surface area contributed by atoms with Crippen molar-refractivity contribution < 1.29 is 23.5 Å². The van der Waals surface area contributed by atoms with E-state index < -0.39 is 23.7 Å². The van der Waals surface area contributed by atoms with E-state index >= 15 is 0 Å². The average molecular weight is 564 g/mol. The Kier molecular flexibility index (Phi) is 7.02. The number of carbonyl (C=O) groups excluding carboxylic acids is 3. The van der Waals surface area contributed by atoms with Crippen LogP contribution in [0.4, 0.5) is 14.9 Å². The van der Waals surface area contributed by atoms with E-state index in [2.05, 4.69) is 21.2 Å². The number of barbiturate groups is 1. The Labute approximate surface area is 212 Å². The van der Waals surface area contributed by atoms with Gasteiger partial charge in [0.25, 0.3) is 11.8 Å². The first-order chi connectivity index (χ1) is 16.2. The Hall–Kier alpha value is -3.20. The molecule has 0 spiro atoms. The van der Waals surface area contributed by atoms with Crippen molar-refractivity contribution in [2.24, 2.45) is 0 Å². The zero-order valence-electron chi connectivity index (χ0n) is 17.2. The van der Waals surface area contributed by atoms with Gasteiger partial charge in [-0.1, -0.05) is 57.3 Å². The second-order valence-electron chi connectivity index (χ2n) is 7.13. The summed E-state index contributed by atoms with van der Waals surface area (Å²) in [7, 11) is 0. The van der Waals surface area contributed by atoms with Crippen molar-refractivity contribution in [2.75, 3.05) is 4.90 Å². The molecule has 0 aliphatic carbocycles. The van der Waals surface area contributed by atoms with Crippen LogP contribution in [-0.4, -0.2) is 17.8 Å². The van der Waals surface area contributed by atoms with Crippen molar-refractivity contribution >= 4 is 68.7 Å². The Morgan fingerprint density at radius 2 is 1.76 bits per heavy atom. The van der Waals surface area contributed by atoms with Gasteiger partial charge in [0.05, 0.1) is 15.7 Å². The van der Waals surface area contributed by atoms with Crippen LogP contribution in [0.1, 0.15) is 11.1 Å². The maximum Gasteiger partial charge on any atom is 0.336 e. The number of ether oxygens (including phenoxy) is 1. The molecule has 3 aromatic carbocycles. The fourth-order valence-corrected chi connectivity index (χ4v) is 3.92. The molecule has 0 aromatic heterocycles.